The molecule has 2 aromatic rings. The van der Waals surface area contributed by atoms with Gasteiger partial charge in [-0.3, -0.25) is 24.5 Å². The Balaban J connectivity index is 1.61. The Morgan fingerprint density at radius 3 is 2.72 bits per heavy atom. The maximum Gasteiger partial charge on any atom is 0.274 e. The van der Waals surface area contributed by atoms with Gasteiger partial charge in [0.15, 0.2) is 17.2 Å². The van der Waals surface area contributed by atoms with Crippen LogP contribution in [0.3, 0.4) is 0 Å². The Morgan fingerprint density at radius 1 is 1.31 bits per heavy atom. The van der Waals surface area contributed by atoms with Gasteiger partial charge in [-0.25, -0.2) is 8.78 Å². The van der Waals surface area contributed by atoms with Crippen LogP contribution in [0.1, 0.15) is 59.1 Å². The number of nitrogens with zero attached hydrogens (tertiary/aromatic N) is 3. The van der Waals surface area contributed by atoms with Gasteiger partial charge in [0.05, 0.1) is 25.9 Å². The average Bonchev–Trinajstić information content (AvgIpc) is 3.08. The summed E-state index contributed by atoms with van der Waals surface area (Å²) in [6.45, 7) is 4.03. The third kappa shape index (κ3) is 3.67. The van der Waals surface area contributed by atoms with Crippen LogP contribution in [0.2, 0.25) is 0 Å². The fourth-order valence-corrected chi connectivity index (χ4v) is 5.42. The molecule has 36 heavy (non-hydrogen) atoms. The largest absolute Gasteiger partial charge is 0.491 e. The van der Waals surface area contributed by atoms with E-state index >= 15 is 0 Å². The number of hydrogen-bond donors (Lipinski definition) is 2. The molecule has 2 saturated heterocycles. The number of hydrogen-bond acceptors (Lipinski definition) is 7. The summed E-state index contributed by atoms with van der Waals surface area (Å²) >= 11 is 0. The molecule has 4 heterocycles. The topological polar surface area (TPSA) is 119 Å². The van der Waals surface area contributed by atoms with Crippen LogP contribution < -0.4 is 21.2 Å². The molecule has 3 aliphatic heterocycles. The Labute approximate surface area is 205 Å². The lowest BCUT2D eigenvalue weighted by molar-refractivity contribution is -0.228. The van der Waals surface area contributed by atoms with Crippen LogP contribution in [-0.4, -0.2) is 57.9 Å². The van der Waals surface area contributed by atoms with Gasteiger partial charge in [0, 0.05) is 30.4 Å². The van der Waals surface area contributed by atoms with Crippen molar-refractivity contribution < 1.29 is 27.9 Å². The second-order valence-corrected chi connectivity index (χ2v) is 9.50. The van der Waals surface area contributed by atoms with E-state index < -0.39 is 40.6 Å². The Bertz CT molecular complexity index is 1320. The minimum atomic E-state index is -1.07. The number of carbonyl (C=O) groups excluding carboxylic acids is 2. The van der Waals surface area contributed by atoms with Gasteiger partial charge < -0.3 is 19.9 Å². The van der Waals surface area contributed by atoms with Crippen LogP contribution in [0, 0.1) is 11.6 Å². The number of aromatic nitrogens is 1. The minimum absolute atomic E-state index is 0.0120. The number of methoxy groups -OCH3 is 1. The highest BCUT2D eigenvalue weighted by Crippen LogP contribution is 2.44. The molecule has 3 aliphatic rings. The van der Waals surface area contributed by atoms with Crippen molar-refractivity contribution in [3.05, 3.63) is 63.1 Å². The molecule has 1 aromatic carbocycles. The van der Waals surface area contributed by atoms with Crippen molar-refractivity contribution in [2.24, 2.45) is 5.73 Å². The molecule has 0 radical (unpaired) electrons. The van der Waals surface area contributed by atoms with Crippen LogP contribution in [0.15, 0.2) is 29.2 Å². The van der Waals surface area contributed by atoms with E-state index in [2.05, 4.69) is 5.32 Å². The molecule has 0 saturated carbocycles. The predicted molar refractivity (Wildman–Crippen MR) is 123 cm³/mol. The van der Waals surface area contributed by atoms with Gasteiger partial charge in [0.1, 0.15) is 17.2 Å². The van der Waals surface area contributed by atoms with Gasteiger partial charge in [-0.15, -0.1) is 0 Å². The summed E-state index contributed by atoms with van der Waals surface area (Å²) in [7, 11) is 1.26. The Hall–Kier alpha value is -3.35. The van der Waals surface area contributed by atoms with E-state index in [9.17, 15) is 23.2 Å². The van der Waals surface area contributed by atoms with Crippen LogP contribution >= 0.6 is 0 Å². The number of primary amides is 1. The van der Waals surface area contributed by atoms with E-state index in [1.54, 1.807) is 14.5 Å². The monoisotopic (exact) mass is 503 g/mol. The molecular formula is C24H27F2N5O5. The van der Waals surface area contributed by atoms with Crippen molar-refractivity contribution in [1.29, 1.82) is 0 Å². The number of amides is 2. The van der Waals surface area contributed by atoms with E-state index in [0.29, 0.717) is 12.8 Å². The van der Waals surface area contributed by atoms with Crippen LogP contribution in [0.4, 0.5) is 8.78 Å². The molecule has 2 bridgehead atoms. The zero-order chi connectivity index (χ0) is 25.9. The third-order valence-corrected chi connectivity index (χ3v) is 7.34. The number of ether oxygens (including phenoxy) is 1. The normalized spacial score (nSPS) is 27.8. The van der Waals surface area contributed by atoms with Crippen molar-refractivity contribution in [2.75, 3.05) is 13.7 Å². The first kappa shape index (κ1) is 24.3. The lowest BCUT2D eigenvalue weighted by atomic mass is 9.96. The fraction of sp³-hybridized carbons (Fsp3) is 0.458. The molecule has 12 heteroatoms. The summed E-state index contributed by atoms with van der Waals surface area (Å²) in [5.74, 6) is -2.95. The number of halogens is 2. The summed E-state index contributed by atoms with van der Waals surface area (Å²) in [4.78, 5) is 46.6. The van der Waals surface area contributed by atoms with Crippen molar-refractivity contribution in [2.45, 2.75) is 57.2 Å². The van der Waals surface area contributed by atoms with Crippen molar-refractivity contribution in [3.8, 4) is 5.75 Å². The van der Waals surface area contributed by atoms with Gasteiger partial charge in [-0.05, 0) is 32.8 Å². The predicted octanol–water partition coefficient (Wildman–Crippen LogP) is 1.49. The molecule has 5 rings (SSSR count). The van der Waals surface area contributed by atoms with Crippen LogP contribution in [0.5, 0.6) is 5.75 Å². The molecule has 2 fully saturated rings. The van der Waals surface area contributed by atoms with Crippen molar-refractivity contribution in [1.82, 2.24) is 19.8 Å². The summed E-state index contributed by atoms with van der Waals surface area (Å²) in [5.41, 5.74) is 3.61. The average molecular weight is 504 g/mol. The number of fused-ring (bicyclic) bond motifs is 5. The molecule has 1 spiro atoms. The molecule has 1 unspecified atom stereocenters. The number of pyridine rings is 1. The van der Waals surface area contributed by atoms with Gasteiger partial charge in [0.2, 0.25) is 5.43 Å². The number of nitrogens with one attached hydrogen (secondary N) is 1. The zero-order valence-electron chi connectivity index (χ0n) is 20.1. The van der Waals surface area contributed by atoms with Gasteiger partial charge >= 0.3 is 0 Å². The highest BCUT2D eigenvalue weighted by molar-refractivity contribution is 5.99. The molecule has 3 N–H and O–H groups in total. The van der Waals surface area contributed by atoms with Crippen LogP contribution in [-0.2, 0) is 11.4 Å². The fourth-order valence-electron chi connectivity index (χ4n) is 5.42. The number of rotatable bonds is 4. The van der Waals surface area contributed by atoms with Crippen molar-refractivity contribution >= 4 is 11.8 Å². The SMILES string of the molecule is COc1c2n(cc(C(N)=O)c1=O)[C@@H]1CN(C2=O)[C@@H](C)CC[C@]12NC(C)N(Cc1ccc(F)cc1F)O2. The Kier molecular flexibility index (Phi) is 5.85. The summed E-state index contributed by atoms with van der Waals surface area (Å²) in [6, 6.07) is 2.62. The lowest BCUT2D eigenvalue weighted by Crippen LogP contribution is -2.56. The first-order chi connectivity index (χ1) is 17.1. The lowest BCUT2D eigenvalue weighted by Gasteiger charge is -2.42. The first-order valence-electron chi connectivity index (χ1n) is 11.7. The number of carbonyl (C=O) groups is 2. The molecular weight excluding hydrogens is 476 g/mol. The van der Waals surface area contributed by atoms with Gasteiger partial charge in [-0.2, -0.15) is 5.06 Å². The third-order valence-electron chi connectivity index (χ3n) is 7.34. The maximum absolute atomic E-state index is 14.4. The van der Waals surface area contributed by atoms with E-state index in [0.717, 1.165) is 6.07 Å². The van der Waals surface area contributed by atoms with E-state index in [4.69, 9.17) is 15.3 Å². The molecule has 2 amide bonds. The molecule has 192 valence electrons. The molecule has 10 nitrogen and oxygen atoms in total. The second kappa shape index (κ2) is 8.64. The van der Waals surface area contributed by atoms with Crippen molar-refractivity contribution in [3.63, 3.8) is 0 Å². The number of nitrogens with two attached hydrogens (primary N) is 1. The number of benzene rings is 1. The quantitative estimate of drug-likeness (QED) is 0.649. The van der Waals surface area contributed by atoms with Gasteiger partial charge in [0.25, 0.3) is 11.8 Å². The summed E-state index contributed by atoms with van der Waals surface area (Å²) in [5, 5.41) is 5.03. The highest BCUT2D eigenvalue weighted by Gasteiger charge is 2.55. The maximum atomic E-state index is 14.4. The number of hydroxylamine groups is 2. The Morgan fingerprint density at radius 2 is 2.06 bits per heavy atom. The second-order valence-electron chi connectivity index (χ2n) is 9.50. The smallest absolute Gasteiger partial charge is 0.274 e. The molecule has 1 aromatic heterocycles. The molecule has 0 aliphatic carbocycles. The first-order valence-corrected chi connectivity index (χ1v) is 11.7. The minimum Gasteiger partial charge on any atom is -0.491 e. The van der Waals surface area contributed by atoms with E-state index in [1.807, 2.05) is 13.8 Å². The molecule has 4 atom stereocenters. The van der Waals surface area contributed by atoms with E-state index in [-0.39, 0.29) is 47.9 Å². The van der Waals surface area contributed by atoms with E-state index in [1.165, 1.54) is 25.4 Å². The highest BCUT2D eigenvalue weighted by atomic mass is 19.1. The zero-order valence-corrected chi connectivity index (χ0v) is 20.1. The summed E-state index contributed by atoms with van der Waals surface area (Å²) in [6.07, 6.45) is 1.95. The van der Waals surface area contributed by atoms with Gasteiger partial charge in [-0.1, -0.05) is 6.07 Å². The standard InChI is InChI=1S/C24H27F2N5O5/c1-12-6-7-24(28-13(2)31(36-24)9-14-4-5-15(25)8-17(14)26)18-11-29(12)23(34)19-21(35-3)20(32)16(22(27)33)10-30(18)19/h4-5,8,10,12-13,18,28H,6-7,9,11H2,1-3H3,(H2,27,33)/t12-,13?,18+,24+/m0/s1. The van der Waals surface area contributed by atoms with Crippen LogP contribution in [0.25, 0.3) is 0 Å². The summed E-state index contributed by atoms with van der Waals surface area (Å²) < 4.78 is 34.6.